The van der Waals surface area contributed by atoms with E-state index in [1.807, 2.05) is 0 Å². The van der Waals surface area contributed by atoms with Gasteiger partial charge in [0.05, 0.1) is 16.9 Å². The van der Waals surface area contributed by atoms with Gasteiger partial charge in [-0.2, -0.15) is 0 Å². The Hall–Kier alpha value is -3.24. The maximum absolute atomic E-state index is 13.4. The zero-order chi connectivity index (χ0) is 21.9. The molecule has 1 saturated heterocycles. The van der Waals surface area contributed by atoms with Gasteiger partial charge in [0.1, 0.15) is 11.6 Å². The molecule has 1 aromatic carbocycles. The second-order valence-corrected chi connectivity index (χ2v) is 6.91. The van der Waals surface area contributed by atoms with E-state index in [-0.39, 0.29) is 30.4 Å². The molecule has 0 radical (unpaired) electrons. The molecule has 1 aromatic heterocycles. The number of alkyl carbamates (subject to hydrolysis) is 1. The lowest BCUT2D eigenvalue weighted by atomic mass is 10.2. The molecule has 30 heavy (non-hydrogen) atoms. The molecule has 2 aromatic rings. The number of carbonyl (C=O) groups is 3. The minimum atomic E-state index is -2.36. The summed E-state index contributed by atoms with van der Waals surface area (Å²) < 4.78 is 18.4. The molecular formula is C19H18ClFN4O5. The van der Waals surface area contributed by atoms with E-state index >= 15 is 0 Å². The van der Waals surface area contributed by atoms with Crippen molar-refractivity contribution in [3.8, 4) is 0 Å². The largest absolute Gasteiger partial charge is 0.410 e. The molecule has 9 nitrogen and oxygen atoms in total. The predicted molar refractivity (Wildman–Crippen MR) is 105 cm³/mol. The van der Waals surface area contributed by atoms with Gasteiger partial charge >= 0.3 is 6.09 Å². The number of hydrogen-bond acceptors (Lipinski definition) is 6. The van der Waals surface area contributed by atoms with Crippen molar-refractivity contribution in [3.63, 3.8) is 0 Å². The quantitative estimate of drug-likeness (QED) is 0.618. The molecule has 0 aliphatic carbocycles. The van der Waals surface area contributed by atoms with Gasteiger partial charge in [-0.1, -0.05) is 23.7 Å². The maximum atomic E-state index is 13.4. The molecule has 0 spiro atoms. The fourth-order valence-corrected chi connectivity index (χ4v) is 3.06. The number of aromatic nitrogens is 1. The number of amides is 3. The van der Waals surface area contributed by atoms with E-state index in [4.69, 9.17) is 16.3 Å². The predicted octanol–water partition coefficient (Wildman–Crippen LogP) is 2.18. The SMILES string of the molecule is CC(=O)Nc1ccc(N2CCC(O)(OC(=O)NCc3cccc(F)c3Cl)C2=O)cn1. The number of nitrogens with one attached hydrogen (secondary N) is 2. The molecule has 1 aliphatic heterocycles. The van der Waals surface area contributed by atoms with Gasteiger partial charge in [-0.05, 0) is 23.8 Å². The summed E-state index contributed by atoms with van der Waals surface area (Å²) in [5.74, 6) is -3.81. The zero-order valence-corrected chi connectivity index (χ0v) is 16.6. The first-order valence-corrected chi connectivity index (χ1v) is 9.25. The van der Waals surface area contributed by atoms with Crippen molar-refractivity contribution in [1.82, 2.24) is 10.3 Å². The second kappa shape index (κ2) is 8.64. The Morgan fingerprint density at radius 2 is 2.13 bits per heavy atom. The highest BCUT2D eigenvalue weighted by molar-refractivity contribution is 6.31. The molecule has 3 amide bonds. The van der Waals surface area contributed by atoms with E-state index in [2.05, 4.69) is 15.6 Å². The number of benzene rings is 1. The van der Waals surface area contributed by atoms with E-state index in [0.717, 1.165) is 0 Å². The first-order chi connectivity index (χ1) is 14.2. The van der Waals surface area contributed by atoms with Gasteiger partial charge in [-0.3, -0.25) is 9.59 Å². The van der Waals surface area contributed by atoms with Crippen LogP contribution in [0.5, 0.6) is 0 Å². The summed E-state index contributed by atoms with van der Waals surface area (Å²) in [5.41, 5.74) is 0.672. The lowest BCUT2D eigenvalue weighted by Crippen LogP contribution is -2.46. The fourth-order valence-electron chi connectivity index (χ4n) is 2.87. The number of anilines is 2. The standard InChI is InChI=1S/C19H18ClFN4O5/c1-11(26)24-15-6-5-13(10-22-15)25-8-7-19(29,17(25)27)30-18(28)23-9-12-3-2-4-14(21)16(12)20/h2-6,10,29H,7-9H2,1H3,(H,23,28)(H,22,24,26). The van der Waals surface area contributed by atoms with Crippen LogP contribution in [0.25, 0.3) is 0 Å². The van der Waals surface area contributed by atoms with Gasteiger partial charge in [0.2, 0.25) is 5.91 Å². The minimum Gasteiger partial charge on any atom is -0.407 e. The number of hydrogen-bond donors (Lipinski definition) is 3. The van der Waals surface area contributed by atoms with Gasteiger partial charge in [-0.15, -0.1) is 0 Å². The Balaban J connectivity index is 1.61. The second-order valence-electron chi connectivity index (χ2n) is 6.53. The fraction of sp³-hybridized carbons (Fsp3) is 0.263. The average molecular weight is 437 g/mol. The molecule has 1 atom stereocenters. The lowest BCUT2D eigenvalue weighted by molar-refractivity contribution is -0.175. The van der Waals surface area contributed by atoms with Crippen molar-refractivity contribution in [3.05, 3.63) is 52.9 Å². The van der Waals surface area contributed by atoms with Crippen LogP contribution >= 0.6 is 11.6 Å². The third kappa shape index (κ3) is 4.66. The van der Waals surface area contributed by atoms with Gasteiger partial charge in [0, 0.05) is 26.4 Å². The van der Waals surface area contributed by atoms with Gasteiger partial charge in [-0.25, -0.2) is 14.2 Å². The monoisotopic (exact) mass is 436 g/mol. The number of nitrogens with zero attached hydrogens (tertiary/aromatic N) is 2. The Kier molecular flexibility index (Phi) is 6.18. The van der Waals surface area contributed by atoms with Crippen LogP contribution in [0.3, 0.4) is 0 Å². The molecular weight excluding hydrogens is 419 g/mol. The highest BCUT2D eigenvalue weighted by Crippen LogP contribution is 2.29. The summed E-state index contributed by atoms with van der Waals surface area (Å²) in [7, 11) is 0. The topological polar surface area (TPSA) is 121 Å². The number of pyridine rings is 1. The molecule has 1 fully saturated rings. The zero-order valence-electron chi connectivity index (χ0n) is 15.8. The summed E-state index contributed by atoms with van der Waals surface area (Å²) >= 11 is 5.82. The summed E-state index contributed by atoms with van der Waals surface area (Å²) in [6.45, 7) is 1.27. The summed E-state index contributed by atoms with van der Waals surface area (Å²) in [5, 5.41) is 15.2. The Morgan fingerprint density at radius 1 is 1.37 bits per heavy atom. The van der Waals surface area contributed by atoms with Crippen LogP contribution in [0.4, 0.5) is 20.7 Å². The molecule has 2 heterocycles. The summed E-state index contributed by atoms with van der Waals surface area (Å²) in [6.07, 6.45) is 0.126. The summed E-state index contributed by atoms with van der Waals surface area (Å²) in [4.78, 5) is 40.9. The van der Waals surface area contributed by atoms with Crippen molar-refractivity contribution >= 4 is 41.0 Å². The molecule has 3 rings (SSSR count). The Labute approximate surface area is 175 Å². The van der Waals surface area contributed by atoms with Crippen LogP contribution in [0.15, 0.2) is 36.5 Å². The lowest BCUT2D eigenvalue weighted by Gasteiger charge is -2.22. The van der Waals surface area contributed by atoms with Crippen LogP contribution in [-0.4, -0.2) is 40.3 Å². The van der Waals surface area contributed by atoms with Crippen LogP contribution in [-0.2, 0) is 20.9 Å². The smallest absolute Gasteiger partial charge is 0.407 e. The number of carbonyl (C=O) groups excluding carboxylic acids is 3. The number of ether oxygens (including phenoxy) is 1. The Bertz CT molecular complexity index is 987. The highest BCUT2D eigenvalue weighted by Gasteiger charge is 2.49. The van der Waals surface area contributed by atoms with Crippen LogP contribution in [0, 0.1) is 5.82 Å². The first-order valence-electron chi connectivity index (χ1n) is 8.87. The molecule has 0 bridgehead atoms. The number of rotatable bonds is 5. The summed E-state index contributed by atoms with van der Waals surface area (Å²) in [6, 6.07) is 7.16. The van der Waals surface area contributed by atoms with Crippen molar-refractivity contribution in [2.75, 3.05) is 16.8 Å². The van der Waals surface area contributed by atoms with Crippen LogP contribution in [0.1, 0.15) is 18.9 Å². The average Bonchev–Trinajstić information content (AvgIpc) is 2.98. The minimum absolute atomic E-state index is 0.0828. The van der Waals surface area contributed by atoms with E-state index in [1.165, 1.54) is 48.4 Å². The van der Waals surface area contributed by atoms with E-state index < -0.39 is 23.6 Å². The van der Waals surface area contributed by atoms with Crippen molar-refractivity contribution in [2.24, 2.45) is 0 Å². The molecule has 0 saturated carbocycles. The van der Waals surface area contributed by atoms with Crippen LogP contribution in [0.2, 0.25) is 5.02 Å². The third-order valence-electron chi connectivity index (χ3n) is 4.33. The Morgan fingerprint density at radius 3 is 2.80 bits per heavy atom. The molecule has 158 valence electrons. The van der Waals surface area contributed by atoms with E-state index in [9.17, 15) is 23.9 Å². The van der Waals surface area contributed by atoms with Gasteiger partial charge in [0.25, 0.3) is 11.7 Å². The van der Waals surface area contributed by atoms with Gasteiger partial charge < -0.3 is 25.4 Å². The molecule has 3 N–H and O–H groups in total. The first kappa shape index (κ1) is 21.5. The maximum Gasteiger partial charge on any atom is 0.410 e. The normalized spacial score (nSPS) is 18.3. The molecule has 1 aliphatic rings. The third-order valence-corrected chi connectivity index (χ3v) is 4.76. The molecule has 11 heteroatoms. The highest BCUT2D eigenvalue weighted by atomic mass is 35.5. The van der Waals surface area contributed by atoms with Crippen molar-refractivity contribution in [1.29, 1.82) is 0 Å². The molecule has 1 unspecified atom stereocenters. The van der Waals surface area contributed by atoms with E-state index in [1.54, 1.807) is 0 Å². The number of aliphatic hydroxyl groups is 1. The van der Waals surface area contributed by atoms with Crippen LogP contribution < -0.4 is 15.5 Å². The number of halogens is 2. The van der Waals surface area contributed by atoms with E-state index in [0.29, 0.717) is 17.1 Å². The van der Waals surface area contributed by atoms with Crippen molar-refractivity contribution in [2.45, 2.75) is 25.7 Å². The van der Waals surface area contributed by atoms with Gasteiger partial charge in [0.15, 0.2) is 0 Å². The van der Waals surface area contributed by atoms with Crippen molar-refractivity contribution < 1.29 is 28.6 Å².